The average molecular weight is 317 g/mol. The Morgan fingerprint density at radius 1 is 1.30 bits per heavy atom. The van der Waals surface area contributed by atoms with Crippen molar-refractivity contribution in [3.05, 3.63) is 29.8 Å². The number of aromatic nitrogens is 4. The van der Waals surface area contributed by atoms with E-state index in [1.165, 1.54) is 5.56 Å². The monoisotopic (exact) mass is 317 g/mol. The van der Waals surface area contributed by atoms with Crippen LogP contribution < -0.4 is 10.1 Å². The number of aryl methyl sites for hydroxylation is 1. The van der Waals surface area contributed by atoms with E-state index in [9.17, 15) is 4.79 Å². The van der Waals surface area contributed by atoms with E-state index in [1.807, 2.05) is 31.2 Å². The molecule has 0 saturated heterocycles. The second-order valence-electron chi connectivity index (χ2n) is 5.44. The van der Waals surface area contributed by atoms with Gasteiger partial charge in [-0.3, -0.25) is 10.1 Å². The molecule has 1 aromatic carbocycles. The third-order valence-electron chi connectivity index (χ3n) is 3.65. The van der Waals surface area contributed by atoms with E-state index in [4.69, 9.17) is 4.74 Å². The first-order chi connectivity index (χ1) is 11.1. The van der Waals surface area contributed by atoms with Crippen LogP contribution in [0.3, 0.4) is 0 Å². The van der Waals surface area contributed by atoms with Gasteiger partial charge < -0.3 is 4.74 Å². The van der Waals surface area contributed by atoms with E-state index in [0.29, 0.717) is 24.2 Å². The summed E-state index contributed by atoms with van der Waals surface area (Å²) in [5.74, 6) is 1.24. The summed E-state index contributed by atoms with van der Waals surface area (Å²) in [6.07, 6.45) is 1.97. The van der Waals surface area contributed by atoms with E-state index < -0.39 is 0 Å². The molecule has 0 fully saturated rings. The highest BCUT2D eigenvalue weighted by Gasteiger charge is 2.10. The van der Waals surface area contributed by atoms with Gasteiger partial charge in [-0.2, -0.15) is 0 Å². The molecule has 1 amide bonds. The third kappa shape index (κ3) is 4.77. The van der Waals surface area contributed by atoms with Crippen LogP contribution in [-0.4, -0.2) is 32.7 Å². The van der Waals surface area contributed by atoms with Crippen molar-refractivity contribution < 1.29 is 9.53 Å². The second kappa shape index (κ2) is 8.26. The Hall–Kier alpha value is -2.44. The predicted molar refractivity (Wildman–Crippen MR) is 87.4 cm³/mol. The van der Waals surface area contributed by atoms with Gasteiger partial charge in [-0.25, -0.2) is 4.68 Å². The van der Waals surface area contributed by atoms with Crippen LogP contribution in [0.25, 0.3) is 0 Å². The number of benzene rings is 1. The summed E-state index contributed by atoms with van der Waals surface area (Å²) in [7, 11) is 0. The van der Waals surface area contributed by atoms with Crippen molar-refractivity contribution in [1.29, 1.82) is 0 Å². The lowest BCUT2D eigenvalue weighted by atomic mass is 9.99. The summed E-state index contributed by atoms with van der Waals surface area (Å²) in [4.78, 5) is 11.9. The lowest BCUT2D eigenvalue weighted by Gasteiger charge is -2.10. The molecule has 1 aromatic heterocycles. The molecule has 0 aliphatic heterocycles. The van der Waals surface area contributed by atoms with E-state index in [0.717, 1.165) is 12.8 Å². The summed E-state index contributed by atoms with van der Waals surface area (Å²) >= 11 is 0. The van der Waals surface area contributed by atoms with Crippen molar-refractivity contribution in [1.82, 2.24) is 20.2 Å². The first-order valence-corrected chi connectivity index (χ1v) is 7.92. The van der Waals surface area contributed by atoms with Crippen molar-refractivity contribution in [2.24, 2.45) is 0 Å². The highest BCUT2D eigenvalue weighted by atomic mass is 16.5. The molecule has 0 unspecified atom stereocenters. The van der Waals surface area contributed by atoms with Crippen LogP contribution in [0.2, 0.25) is 0 Å². The Kier molecular flexibility index (Phi) is 6.08. The van der Waals surface area contributed by atoms with E-state index in [2.05, 4.69) is 34.7 Å². The van der Waals surface area contributed by atoms with Gasteiger partial charge in [0.05, 0.1) is 0 Å². The number of amides is 1. The Morgan fingerprint density at radius 2 is 2.04 bits per heavy atom. The molecule has 7 nitrogen and oxygen atoms in total. The molecule has 2 rings (SSSR count). The predicted octanol–water partition coefficient (Wildman–Crippen LogP) is 2.61. The van der Waals surface area contributed by atoms with Gasteiger partial charge in [0.2, 0.25) is 5.95 Å². The minimum atomic E-state index is -0.289. The molecule has 0 saturated carbocycles. The smallest absolute Gasteiger partial charge is 0.264 e. The summed E-state index contributed by atoms with van der Waals surface area (Å²) in [6, 6.07) is 7.83. The van der Waals surface area contributed by atoms with Crippen molar-refractivity contribution in [3.63, 3.8) is 0 Å². The van der Waals surface area contributed by atoms with Crippen LogP contribution in [0.1, 0.15) is 45.1 Å². The Balaban J connectivity index is 1.85. The highest BCUT2D eigenvalue weighted by molar-refractivity contribution is 5.90. The van der Waals surface area contributed by atoms with Gasteiger partial charge in [0, 0.05) is 6.54 Å². The molecule has 7 heteroatoms. The van der Waals surface area contributed by atoms with Crippen LogP contribution in [0, 0.1) is 0 Å². The van der Waals surface area contributed by atoms with Gasteiger partial charge in [0.15, 0.2) is 6.61 Å². The van der Waals surface area contributed by atoms with Crippen LogP contribution >= 0.6 is 0 Å². The van der Waals surface area contributed by atoms with Gasteiger partial charge in [-0.05, 0) is 46.9 Å². The first kappa shape index (κ1) is 16.9. The third-order valence-corrected chi connectivity index (χ3v) is 3.65. The second-order valence-corrected chi connectivity index (χ2v) is 5.44. The van der Waals surface area contributed by atoms with Crippen LogP contribution in [-0.2, 0) is 11.3 Å². The SMILES string of the molecule is CCCn1nnnc1NC(=O)COc1ccc([C@@H](C)CC)cc1. The number of anilines is 1. The minimum Gasteiger partial charge on any atom is -0.484 e. The average Bonchev–Trinajstić information content (AvgIpc) is 3.00. The minimum absolute atomic E-state index is 0.0817. The Morgan fingerprint density at radius 3 is 2.70 bits per heavy atom. The lowest BCUT2D eigenvalue weighted by molar-refractivity contribution is -0.118. The number of tetrazole rings is 1. The molecular formula is C16H23N5O2. The molecular weight excluding hydrogens is 294 g/mol. The van der Waals surface area contributed by atoms with Crippen molar-refractivity contribution >= 4 is 11.9 Å². The number of rotatable bonds is 8. The number of ether oxygens (including phenoxy) is 1. The summed E-state index contributed by atoms with van der Waals surface area (Å²) in [5, 5.41) is 13.8. The Bertz CT molecular complexity index is 624. The molecule has 1 N–H and O–H groups in total. The molecule has 124 valence electrons. The molecule has 23 heavy (non-hydrogen) atoms. The lowest BCUT2D eigenvalue weighted by Crippen LogP contribution is -2.22. The summed E-state index contributed by atoms with van der Waals surface area (Å²) < 4.78 is 7.05. The zero-order valence-corrected chi connectivity index (χ0v) is 13.8. The molecule has 1 atom stereocenters. The fourth-order valence-corrected chi connectivity index (χ4v) is 2.09. The molecule has 0 spiro atoms. The number of hydrogen-bond donors (Lipinski definition) is 1. The Labute approximate surface area is 136 Å². The van der Waals surface area contributed by atoms with Crippen LogP contribution in [0.15, 0.2) is 24.3 Å². The van der Waals surface area contributed by atoms with E-state index in [1.54, 1.807) is 4.68 Å². The number of carbonyl (C=O) groups excluding carboxylic acids is 1. The largest absolute Gasteiger partial charge is 0.484 e. The maximum atomic E-state index is 11.9. The van der Waals surface area contributed by atoms with E-state index >= 15 is 0 Å². The van der Waals surface area contributed by atoms with Gasteiger partial charge >= 0.3 is 0 Å². The normalized spacial score (nSPS) is 12.0. The van der Waals surface area contributed by atoms with E-state index in [-0.39, 0.29) is 12.5 Å². The molecule has 0 radical (unpaired) electrons. The fourth-order valence-electron chi connectivity index (χ4n) is 2.09. The molecule has 2 aromatic rings. The number of hydrogen-bond acceptors (Lipinski definition) is 5. The quantitative estimate of drug-likeness (QED) is 0.809. The van der Waals surface area contributed by atoms with Gasteiger partial charge in [0.25, 0.3) is 5.91 Å². The zero-order valence-electron chi connectivity index (χ0n) is 13.8. The number of nitrogens with zero attached hydrogens (tertiary/aromatic N) is 4. The molecule has 1 heterocycles. The topological polar surface area (TPSA) is 81.9 Å². The van der Waals surface area contributed by atoms with Gasteiger partial charge in [-0.1, -0.05) is 38.0 Å². The first-order valence-electron chi connectivity index (χ1n) is 7.92. The highest BCUT2D eigenvalue weighted by Crippen LogP contribution is 2.21. The maximum Gasteiger partial charge on any atom is 0.264 e. The summed E-state index contributed by atoms with van der Waals surface area (Å²) in [5.41, 5.74) is 1.27. The summed E-state index contributed by atoms with van der Waals surface area (Å²) in [6.45, 7) is 6.93. The maximum absolute atomic E-state index is 11.9. The fraction of sp³-hybridized carbons (Fsp3) is 0.500. The van der Waals surface area contributed by atoms with Crippen molar-refractivity contribution in [3.8, 4) is 5.75 Å². The molecule has 0 aliphatic rings. The van der Waals surface area contributed by atoms with Crippen LogP contribution in [0.5, 0.6) is 5.75 Å². The molecule has 0 bridgehead atoms. The van der Waals surface area contributed by atoms with Gasteiger partial charge in [-0.15, -0.1) is 0 Å². The standard InChI is InChI=1S/C16H23N5O2/c1-4-10-21-16(18-19-20-21)17-15(22)11-23-14-8-6-13(7-9-14)12(3)5-2/h6-9,12H,4-5,10-11H2,1-3H3,(H,17,18,20,22)/t12-/m0/s1. The zero-order chi connectivity index (χ0) is 16.7. The number of nitrogens with one attached hydrogen (secondary N) is 1. The number of carbonyl (C=O) groups is 1. The van der Waals surface area contributed by atoms with Crippen molar-refractivity contribution in [2.45, 2.75) is 46.1 Å². The van der Waals surface area contributed by atoms with Gasteiger partial charge in [0.1, 0.15) is 5.75 Å². The molecule has 0 aliphatic carbocycles. The van der Waals surface area contributed by atoms with Crippen molar-refractivity contribution in [2.75, 3.05) is 11.9 Å². The van der Waals surface area contributed by atoms with Crippen LogP contribution in [0.4, 0.5) is 5.95 Å².